The maximum absolute atomic E-state index is 12.8. The summed E-state index contributed by atoms with van der Waals surface area (Å²) in [5.41, 5.74) is 1.38. The molecule has 1 N–H and O–H groups in total. The molecular formula is C30H39ClN2O4. The predicted octanol–water partition coefficient (Wildman–Crippen LogP) is 6.13. The van der Waals surface area contributed by atoms with Gasteiger partial charge in [-0.05, 0) is 61.8 Å². The van der Waals surface area contributed by atoms with E-state index >= 15 is 0 Å². The SMILES string of the molecule is CN1C/C=C/CCCCN2CCCCC3C=C(Cl)C=CC3(C)COc3ccc(cc32)[C@H](C(=O)O)CC1=O. The third-order valence-electron chi connectivity index (χ3n) is 7.99. The predicted molar refractivity (Wildman–Crippen MR) is 148 cm³/mol. The van der Waals surface area contributed by atoms with Crippen molar-refractivity contribution in [1.82, 2.24) is 4.90 Å². The molecule has 0 saturated carbocycles. The van der Waals surface area contributed by atoms with E-state index in [-0.39, 0.29) is 17.7 Å². The van der Waals surface area contributed by atoms with Crippen LogP contribution in [0.5, 0.6) is 5.75 Å². The summed E-state index contributed by atoms with van der Waals surface area (Å²) in [5, 5.41) is 10.9. The van der Waals surface area contributed by atoms with Gasteiger partial charge < -0.3 is 19.6 Å². The van der Waals surface area contributed by atoms with Gasteiger partial charge in [0.05, 0.1) is 18.2 Å². The second kappa shape index (κ2) is 12.2. The minimum absolute atomic E-state index is 0.0725. The molecule has 2 aliphatic heterocycles. The van der Waals surface area contributed by atoms with Gasteiger partial charge in [0.2, 0.25) is 5.91 Å². The van der Waals surface area contributed by atoms with Gasteiger partial charge in [-0.15, -0.1) is 0 Å². The summed E-state index contributed by atoms with van der Waals surface area (Å²) in [6.07, 6.45) is 16.5. The second-order valence-electron chi connectivity index (χ2n) is 10.8. The molecule has 0 saturated heterocycles. The van der Waals surface area contributed by atoms with E-state index in [0.29, 0.717) is 24.6 Å². The number of halogens is 1. The molecule has 0 fully saturated rings. The van der Waals surface area contributed by atoms with Crippen molar-refractivity contribution in [2.45, 2.75) is 57.8 Å². The van der Waals surface area contributed by atoms with Gasteiger partial charge in [0.1, 0.15) is 5.75 Å². The van der Waals surface area contributed by atoms with Gasteiger partial charge >= 0.3 is 5.97 Å². The molecule has 0 radical (unpaired) electrons. The number of carboxylic acid groups (broad SMARTS) is 1. The molecule has 4 rings (SSSR count). The zero-order valence-electron chi connectivity index (χ0n) is 22.0. The van der Waals surface area contributed by atoms with Crippen LogP contribution in [0.3, 0.4) is 0 Å². The standard InChI is InChI=1S/C30H39ClN2O4/c1-30-14-13-24(31)19-23(30)10-6-9-17-33-16-8-5-3-4-7-15-32(2)28(34)20-25(29(35)36)22-11-12-27(37-21-30)26(33)18-22/h4,7,11-14,18-19,23,25H,3,5-6,8-10,15-17,20-21H2,1-2H3,(H,35,36)/b7-4+/t23?,25-,30?/m1/s1. The monoisotopic (exact) mass is 526 g/mol. The minimum atomic E-state index is -0.989. The average Bonchev–Trinajstić information content (AvgIpc) is 2.90. The number of allylic oxidation sites excluding steroid dienone is 4. The maximum atomic E-state index is 12.8. The molecule has 200 valence electrons. The molecule has 1 aromatic carbocycles. The molecule has 2 heterocycles. The number of ether oxygens (including phenoxy) is 1. The molecule has 1 aliphatic carbocycles. The van der Waals surface area contributed by atoms with Crippen LogP contribution in [0.2, 0.25) is 0 Å². The third-order valence-corrected chi connectivity index (χ3v) is 8.24. The molecule has 7 heteroatoms. The Hall–Kier alpha value is -2.73. The number of carbonyl (C=O) groups excluding carboxylic acids is 1. The maximum Gasteiger partial charge on any atom is 0.311 e. The van der Waals surface area contributed by atoms with E-state index < -0.39 is 11.9 Å². The summed E-state index contributed by atoms with van der Waals surface area (Å²) in [4.78, 5) is 29.1. The summed E-state index contributed by atoms with van der Waals surface area (Å²) in [5.74, 6) is -1.01. The topological polar surface area (TPSA) is 70.1 Å². The Balaban J connectivity index is 1.72. The number of aliphatic carboxylic acids is 1. The number of carbonyl (C=O) groups is 2. The van der Waals surface area contributed by atoms with Crippen LogP contribution in [-0.2, 0) is 9.59 Å². The first-order valence-corrected chi connectivity index (χ1v) is 13.8. The molecule has 2 unspecified atom stereocenters. The second-order valence-corrected chi connectivity index (χ2v) is 11.3. The molecule has 0 spiro atoms. The lowest BCUT2D eigenvalue weighted by atomic mass is 9.72. The van der Waals surface area contributed by atoms with Crippen LogP contribution in [0.15, 0.2) is 53.6 Å². The number of anilines is 1. The van der Waals surface area contributed by atoms with Crippen molar-refractivity contribution < 1.29 is 19.4 Å². The molecule has 1 amide bonds. The first kappa shape index (κ1) is 27.3. The number of amides is 1. The fraction of sp³-hybridized carbons (Fsp3) is 0.533. The molecule has 2 bridgehead atoms. The lowest BCUT2D eigenvalue weighted by Crippen LogP contribution is -2.32. The van der Waals surface area contributed by atoms with Gasteiger partial charge in [0.15, 0.2) is 0 Å². The molecule has 6 nitrogen and oxygen atoms in total. The van der Waals surface area contributed by atoms with E-state index in [4.69, 9.17) is 16.3 Å². The van der Waals surface area contributed by atoms with Crippen LogP contribution in [0.25, 0.3) is 0 Å². The van der Waals surface area contributed by atoms with E-state index in [2.05, 4.69) is 30.1 Å². The van der Waals surface area contributed by atoms with Crippen LogP contribution < -0.4 is 9.64 Å². The lowest BCUT2D eigenvalue weighted by molar-refractivity contribution is -0.142. The Kier molecular flexibility index (Phi) is 9.01. The highest BCUT2D eigenvalue weighted by Gasteiger charge is 2.34. The van der Waals surface area contributed by atoms with Gasteiger partial charge in [-0.25, -0.2) is 0 Å². The fourth-order valence-corrected chi connectivity index (χ4v) is 5.68. The van der Waals surface area contributed by atoms with Crippen molar-refractivity contribution in [2.75, 3.05) is 38.2 Å². The van der Waals surface area contributed by atoms with E-state index in [9.17, 15) is 14.7 Å². The van der Waals surface area contributed by atoms with Crippen LogP contribution in [-0.4, -0.2) is 55.2 Å². The van der Waals surface area contributed by atoms with Crippen LogP contribution in [0.1, 0.15) is 63.4 Å². The van der Waals surface area contributed by atoms with Gasteiger partial charge in [0, 0.05) is 43.6 Å². The van der Waals surface area contributed by atoms with E-state index in [0.717, 1.165) is 68.1 Å². The minimum Gasteiger partial charge on any atom is -0.490 e. The average molecular weight is 527 g/mol. The first-order valence-electron chi connectivity index (χ1n) is 13.5. The quantitative estimate of drug-likeness (QED) is 0.446. The highest BCUT2D eigenvalue weighted by molar-refractivity contribution is 6.31. The number of nitrogens with zero attached hydrogens (tertiary/aromatic N) is 2. The Morgan fingerprint density at radius 2 is 1.95 bits per heavy atom. The summed E-state index contributed by atoms with van der Waals surface area (Å²) < 4.78 is 6.51. The van der Waals surface area contributed by atoms with Crippen LogP contribution >= 0.6 is 11.6 Å². The number of benzene rings is 1. The van der Waals surface area contributed by atoms with Crippen LogP contribution in [0.4, 0.5) is 5.69 Å². The molecule has 1 aromatic rings. The van der Waals surface area contributed by atoms with E-state index in [1.807, 2.05) is 30.4 Å². The number of likely N-dealkylation sites (N-methyl/N-ethyl adjacent to an activating group) is 1. The summed E-state index contributed by atoms with van der Waals surface area (Å²) in [6.45, 7) is 4.95. The number of carboxylic acids is 1. The fourth-order valence-electron chi connectivity index (χ4n) is 5.47. The molecular weight excluding hydrogens is 488 g/mol. The molecule has 3 atom stereocenters. The van der Waals surface area contributed by atoms with E-state index in [1.54, 1.807) is 11.9 Å². The summed E-state index contributed by atoms with van der Waals surface area (Å²) in [7, 11) is 1.73. The summed E-state index contributed by atoms with van der Waals surface area (Å²) in [6, 6.07) is 5.66. The number of fused-ring (bicyclic) bond motifs is 2. The van der Waals surface area contributed by atoms with Crippen molar-refractivity contribution in [1.29, 1.82) is 0 Å². The number of rotatable bonds is 1. The van der Waals surface area contributed by atoms with Gasteiger partial charge in [0.25, 0.3) is 0 Å². The highest BCUT2D eigenvalue weighted by atomic mass is 35.5. The normalized spacial score (nSPS) is 28.5. The largest absolute Gasteiger partial charge is 0.490 e. The van der Waals surface area contributed by atoms with Crippen molar-refractivity contribution in [3.8, 4) is 5.75 Å². The Labute approximate surface area is 225 Å². The molecule has 3 aliphatic rings. The van der Waals surface area contributed by atoms with E-state index in [1.165, 1.54) is 0 Å². The smallest absolute Gasteiger partial charge is 0.311 e. The zero-order valence-corrected chi connectivity index (χ0v) is 22.8. The highest BCUT2D eigenvalue weighted by Crippen LogP contribution is 2.42. The van der Waals surface area contributed by atoms with Crippen molar-refractivity contribution in [2.24, 2.45) is 11.3 Å². The third kappa shape index (κ3) is 6.78. The number of hydrogen-bond donors (Lipinski definition) is 1. The first-order chi connectivity index (χ1) is 17.8. The van der Waals surface area contributed by atoms with Crippen molar-refractivity contribution >= 4 is 29.2 Å². The van der Waals surface area contributed by atoms with Crippen molar-refractivity contribution in [3.63, 3.8) is 0 Å². The van der Waals surface area contributed by atoms with Crippen LogP contribution in [0, 0.1) is 11.3 Å². The number of hydrogen-bond acceptors (Lipinski definition) is 4. The van der Waals surface area contributed by atoms with Gasteiger partial charge in [-0.2, -0.15) is 0 Å². The molecule has 0 aromatic heterocycles. The Bertz CT molecular complexity index is 1080. The van der Waals surface area contributed by atoms with Crippen molar-refractivity contribution in [3.05, 3.63) is 59.2 Å². The summed E-state index contributed by atoms with van der Waals surface area (Å²) >= 11 is 6.36. The van der Waals surface area contributed by atoms with Gasteiger partial charge in [-0.1, -0.05) is 55.3 Å². The zero-order chi connectivity index (χ0) is 26.4. The molecule has 37 heavy (non-hydrogen) atoms. The van der Waals surface area contributed by atoms with Gasteiger partial charge in [-0.3, -0.25) is 9.59 Å². The lowest BCUT2D eigenvalue weighted by Gasteiger charge is -2.36. The Morgan fingerprint density at radius 1 is 1.16 bits per heavy atom. The Morgan fingerprint density at radius 3 is 2.73 bits per heavy atom.